The molecule has 0 N–H and O–H groups in total. The summed E-state index contributed by atoms with van der Waals surface area (Å²) < 4.78 is 0. The summed E-state index contributed by atoms with van der Waals surface area (Å²) in [5.41, 5.74) is 0. The van der Waals surface area contributed by atoms with E-state index in [0.29, 0.717) is 0 Å². The summed E-state index contributed by atoms with van der Waals surface area (Å²) in [5, 5.41) is 0. The molecule has 0 aromatic heterocycles. The molecule has 0 aliphatic heterocycles. The van der Waals surface area contributed by atoms with Gasteiger partial charge >= 0.3 is 21.7 Å². The summed E-state index contributed by atoms with van der Waals surface area (Å²) in [5.74, 6) is 0. The molecule has 0 radical (unpaired) electrons. The van der Waals surface area contributed by atoms with E-state index in [4.69, 9.17) is 0 Å². The molecule has 0 atom stereocenters. The van der Waals surface area contributed by atoms with Gasteiger partial charge in [0.05, 0.1) is 0 Å². The zero-order valence-electron chi connectivity index (χ0n) is 7.76. The van der Waals surface area contributed by atoms with Crippen molar-refractivity contribution in [2.75, 3.05) is 0 Å². The normalized spacial score (nSPS) is 13.5. The van der Waals surface area contributed by atoms with Gasteiger partial charge in [0.25, 0.3) is 0 Å². The Bertz CT molecular complexity index is 148. The SMILES string of the molecule is [Br-].[C-]1=CC=CC1.[C-]1=CC=CC1.[CH3-].[Ti+4]. The minimum absolute atomic E-state index is 0. The second-order valence-corrected chi connectivity index (χ2v) is 2.01. The van der Waals surface area contributed by atoms with Gasteiger partial charge in [-0.05, 0) is 0 Å². The standard InChI is InChI=1S/2C5H5.CH3.BrH.Ti/c2*1-2-4-5-3-1;;;/h2*1-3H,4H2;1H3;1H;/q3*-1;;+4/p-1. The van der Waals surface area contributed by atoms with Crippen LogP contribution < -0.4 is 17.0 Å². The third-order valence-corrected chi connectivity index (χ3v) is 1.17. The van der Waals surface area contributed by atoms with Crippen LogP contribution in [0.15, 0.2) is 36.5 Å². The minimum Gasteiger partial charge on any atom is -1.00 e. The number of hydrogen-bond donors (Lipinski definition) is 0. The Labute approximate surface area is 107 Å². The molecule has 0 unspecified atom stereocenters. The molecule has 2 heteroatoms. The first-order chi connectivity index (χ1) is 5.00. The van der Waals surface area contributed by atoms with Gasteiger partial charge in [-0.1, -0.05) is 0 Å². The van der Waals surface area contributed by atoms with Crippen molar-refractivity contribution in [2.24, 2.45) is 0 Å². The fourth-order valence-corrected chi connectivity index (χ4v) is 0.680. The van der Waals surface area contributed by atoms with Crippen LogP contribution in [-0.2, 0) is 21.7 Å². The van der Waals surface area contributed by atoms with Crippen LogP contribution in [0.1, 0.15) is 12.8 Å². The maximum absolute atomic E-state index is 2.99. The van der Waals surface area contributed by atoms with Crippen molar-refractivity contribution >= 4 is 0 Å². The second kappa shape index (κ2) is 14.7. The average molecular weight is 273 g/mol. The second-order valence-electron chi connectivity index (χ2n) is 2.01. The van der Waals surface area contributed by atoms with Gasteiger partial charge in [0.2, 0.25) is 0 Å². The number of rotatable bonds is 0. The van der Waals surface area contributed by atoms with Crippen LogP contribution in [-0.4, -0.2) is 0 Å². The quantitative estimate of drug-likeness (QED) is 0.432. The number of allylic oxidation sites excluding steroid dienone is 8. The van der Waals surface area contributed by atoms with E-state index >= 15 is 0 Å². The van der Waals surface area contributed by atoms with Gasteiger partial charge in [0.1, 0.15) is 0 Å². The molecule has 0 heterocycles. The van der Waals surface area contributed by atoms with Crippen LogP contribution in [0.2, 0.25) is 0 Å². The molecule has 2 aliphatic rings. The third-order valence-electron chi connectivity index (χ3n) is 1.17. The molecule has 0 fully saturated rings. The van der Waals surface area contributed by atoms with Crippen LogP contribution in [0.3, 0.4) is 0 Å². The van der Waals surface area contributed by atoms with Gasteiger partial charge in [0.15, 0.2) is 0 Å². The average Bonchev–Trinajstić information content (AvgIpc) is 2.67. The first kappa shape index (κ1) is 18.8. The van der Waals surface area contributed by atoms with Crippen molar-refractivity contribution < 1.29 is 38.7 Å². The van der Waals surface area contributed by atoms with E-state index in [-0.39, 0.29) is 46.1 Å². The molecule has 0 amide bonds. The van der Waals surface area contributed by atoms with Crippen LogP contribution in [0.5, 0.6) is 0 Å². The maximum Gasteiger partial charge on any atom is 4.00 e. The molecule has 0 spiro atoms. The fraction of sp³-hybridized carbons (Fsp3) is 0.182. The Morgan fingerprint density at radius 2 is 1.23 bits per heavy atom. The van der Waals surface area contributed by atoms with Crippen molar-refractivity contribution in [1.82, 2.24) is 0 Å². The predicted molar refractivity (Wildman–Crippen MR) is 49.6 cm³/mol. The fourth-order valence-electron chi connectivity index (χ4n) is 0.680. The van der Waals surface area contributed by atoms with E-state index in [1.807, 2.05) is 24.3 Å². The monoisotopic (exact) mass is 272 g/mol. The molecule has 13 heavy (non-hydrogen) atoms. The molecule has 0 aromatic carbocycles. The van der Waals surface area contributed by atoms with E-state index in [9.17, 15) is 0 Å². The Kier molecular flexibility index (Phi) is 21.3. The van der Waals surface area contributed by atoms with Crippen molar-refractivity contribution in [2.45, 2.75) is 12.8 Å². The molecule has 0 nitrogen and oxygen atoms in total. The smallest absolute Gasteiger partial charge is 1.00 e. The van der Waals surface area contributed by atoms with Crippen molar-refractivity contribution in [1.29, 1.82) is 0 Å². The minimum atomic E-state index is 0. The predicted octanol–water partition coefficient (Wildman–Crippen LogP) is 0.0632. The summed E-state index contributed by atoms with van der Waals surface area (Å²) in [6.45, 7) is 0. The van der Waals surface area contributed by atoms with Gasteiger partial charge in [-0.25, -0.2) is 24.3 Å². The first-order valence-corrected chi connectivity index (χ1v) is 3.43. The largest absolute Gasteiger partial charge is 4.00 e. The summed E-state index contributed by atoms with van der Waals surface area (Å²) in [7, 11) is 0. The van der Waals surface area contributed by atoms with Crippen molar-refractivity contribution in [3.8, 4) is 0 Å². The van der Waals surface area contributed by atoms with Crippen LogP contribution in [0.4, 0.5) is 0 Å². The Morgan fingerprint density at radius 1 is 0.846 bits per heavy atom. The number of halogens is 1. The van der Waals surface area contributed by atoms with Gasteiger partial charge < -0.3 is 24.4 Å². The summed E-state index contributed by atoms with van der Waals surface area (Å²) >= 11 is 0. The zero-order valence-corrected chi connectivity index (χ0v) is 10.9. The van der Waals surface area contributed by atoms with Crippen molar-refractivity contribution in [3.63, 3.8) is 0 Å². The molecule has 2 rings (SSSR count). The third kappa shape index (κ3) is 12.2. The molecule has 0 saturated carbocycles. The molecule has 0 saturated heterocycles. The molecule has 0 aromatic rings. The topological polar surface area (TPSA) is 0 Å². The van der Waals surface area contributed by atoms with Gasteiger partial charge in [-0.3, -0.25) is 12.2 Å². The van der Waals surface area contributed by atoms with Crippen LogP contribution in [0, 0.1) is 19.6 Å². The molecule has 0 bridgehead atoms. The van der Waals surface area contributed by atoms with Gasteiger partial charge in [0, 0.05) is 0 Å². The van der Waals surface area contributed by atoms with E-state index in [2.05, 4.69) is 24.3 Å². The Morgan fingerprint density at radius 3 is 1.31 bits per heavy atom. The van der Waals surface area contributed by atoms with Crippen LogP contribution >= 0.6 is 0 Å². The first-order valence-electron chi connectivity index (χ1n) is 3.43. The summed E-state index contributed by atoms with van der Waals surface area (Å²) in [4.78, 5) is 0. The molecular weight excluding hydrogens is 260 g/mol. The zero-order chi connectivity index (χ0) is 7.07. The van der Waals surface area contributed by atoms with Gasteiger partial charge in [-0.2, -0.15) is 12.2 Å². The van der Waals surface area contributed by atoms with Crippen molar-refractivity contribution in [3.05, 3.63) is 56.0 Å². The maximum atomic E-state index is 2.99. The summed E-state index contributed by atoms with van der Waals surface area (Å²) in [6, 6.07) is 0. The Balaban J connectivity index is -0.000000125. The van der Waals surface area contributed by atoms with Crippen LogP contribution in [0.25, 0.3) is 0 Å². The van der Waals surface area contributed by atoms with E-state index in [1.165, 1.54) is 0 Å². The van der Waals surface area contributed by atoms with Gasteiger partial charge in [-0.15, -0.1) is 12.8 Å². The summed E-state index contributed by atoms with van der Waals surface area (Å²) in [6.07, 6.45) is 20.0. The van der Waals surface area contributed by atoms with E-state index in [0.717, 1.165) is 12.8 Å². The van der Waals surface area contributed by atoms with E-state index in [1.54, 1.807) is 0 Å². The van der Waals surface area contributed by atoms with E-state index < -0.39 is 0 Å². The molecule has 68 valence electrons. The Hall–Kier alpha value is 0.154. The molecular formula is C11H13BrTi. The molecule has 2 aliphatic carbocycles. The number of hydrogen-bond acceptors (Lipinski definition) is 0.